The topological polar surface area (TPSA) is 240 Å². The Balaban J connectivity index is 0.000000542. The fourth-order valence-corrected chi connectivity index (χ4v) is 9.71. The van der Waals surface area contributed by atoms with Gasteiger partial charge >= 0.3 is 17.1 Å². The smallest absolute Gasteiger partial charge is 0.657 e. The van der Waals surface area contributed by atoms with Crippen molar-refractivity contribution < 1.29 is 36.2 Å². The molecule has 18 nitrogen and oxygen atoms in total. The molecule has 0 radical (unpaired) electrons. The maximum Gasteiger partial charge on any atom is 2.00 e. The molecule has 498 valence electrons. The van der Waals surface area contributed by atoms with E-state index < -0.39 is 21.7 Å². The van der Waals surface area contributed by atoms with E-state index in [4.69, 9.17) is 29.9 Å². The third kappa shape index (κ3) is 18.7. The summed E-state index contributed by atoms with van der Waals surface area (Å²) in [5.41, 5.74) is 9.34. The number of amides is 4. The van der Waals surface area contributed by atoms with Crippen LogP contribution in [0.3, 0.4) is 0 Å². The molecule has 0 fully saturated rings. The number of nitrogens with one attached hydrogen (secondary N) is 4. The molecular weight excluding hydrogens is 1260 g/mol. The Labute approximate surface area is 577 Å². The van der Waals surface area contributed by atoms with Crippen LogP contribution in [0.4, 0.5) is 22.7 Å². The van der Waals surface area contributed by atoms with E-state index in [-0.39, 0.29) is 40.7 Å². The van der Waals surface area contributed by atoms with Gasteiger partial charge in [-0.1, -0.05) is 217 Å². The van der Waals surface area contributed by atoms with Crippen molar-refractivity contribution >= 4 is 92.7 Å². The number of anilines is 4. The van der Waals surface area contributed by atoms with Crippen molar-refractivity contribution in [3.63, 3.8) is 0 Å². The zero-order valence-corrected chi connectivity index (χ0v) is 58.3. The molecule has 2 aliphatic heterocycles. The number of para-hydroxylation sites is 4. The van der Waals surface area contributed by atoms with Crippen molar-refractivity contribution in [2.24, 2.45) is 35.8 Å². The fourth-order valence-electron chi connectivity index (χ4n) is 9.71. The Morgan fingerprint density at radius 2 is 0.557 bits per heavy atom. The van der Waals surface area contributed by atoms with Crippen molar-refractivity contribution in [1.82, 2.24) is 39.0 Å². The molecule has 10 aromatic rings. The number of nitrogens with zero attached hydrogens (tertiary/aromatic N) is 8. The molecule has 2 aliphatic rings. The van der Waals surface area contributed by atoms with Crippen molar-refractivity contribution in [1.29, 1.82) is 0 Å². The summed E-state index contributed by atoms with van der Waals surface area (Å²) in [6, 6.07) is 50.3. The van der Waals surface area contributed by atoms with Gasteiger partial charge in [0, 0.05) is 115 Å². The molecule has 0 atom stereocenters. The summed E-state index contributed by atoms with van der Waals surface area (Å²) in [5, 5.41) is 12.8. The van der Waals surface area contributed by atoms with E-state index in [1.807, 2.05) is 301 Å². The Morgan fingerprint density at radius 1 is 0.340 bits per heavy atom. The van der Waals surface area contributed by atoms with Gasteiger partial charge in [-0.2, -0.15) is 0 Å². The first-order valence-electron chi connectivity index (χ1n) is 31.4. The van der Waals surface area contributed by atoms with Crippen molar-refractivity contribution in [2.45, 2.75) is 83.1 Å². The third-order valence-corrected chi connectivity index (χ3v) is 15.1. The van der Waals surface area contributed by atoms with E-state index in [0.717, 1.165) is 0 Å². The first kappa shape index (κ1) is 73.5. The van der Waals surface area contributed by atoms with Crippen LogP contribution in [0, 0.1) is 31.6 Å². The molecule has 4 N–H and O–H groups in total. The van der Waals surface area contributed by atoms with Crippen LogP contribution in [0.2, 0.25) is 0 Å². The molecule has 12 rings (SSSR count). The Morgan fingerprint density at radius 3 is 0.732 bits per heavy atom. The number of hydrogen-bond acceptors (Lipinski definition) is 10. The Bertz CT molecular complexity index is 4080. The summed E-state index contributed by atoms with van der Waals surface area (Å²) < 4.78 is 3.78. The number of imidazole rings is 2. The summed E-state index contributed by atoms with van der Waals surface area (Å²) in [7, 11) is 3.88. The summed E-state index contributed by atoms with van der Waals surface area (Å²) in [5.74, 6) is -0.660. The number of benzene rings is 5. The number of hydrogen-bond donors (Lipinski definition) is 4. The van der Waals surface area contributed by atoms with E-state index in [1.54, 1.807) is 25.0 Å². The number of carbonyl (C=O) groups excluding carboxylic acids is 4. The van der Waals surface area contributed by atoms with E-state index in [0.29, 0.717) is 112 Å². The molecule has 0 spiro atoms. The molecule has 5 aromatic heterocycles. The van der Waals surface area contributed by atoms with E-state index in [2.05, 4.69) is 31.2 Å². The van der Waals surface area contributed by atoms with Crippen molar-refractivity contribution in [3.8, 4) is 44.5 Å². The van der Waals surface area contributed by atoms with Crippen LogP contribution in [0.5, 0.6) is 0 Å². The summed E-state index contributed by atoms with van der Waals surface area (Å²) >= 11 is 0. The molecule has 4 amide bonds. The van der Waals surface area contributed by atoms with Crippen LogP contribution >= 0.6 is 0 Å². The Hall–Kier alpha value is -10.9. The van der Waals surface area contributed by atoms with Crippen LogP contribution in [-0.4, -0.2) is 52.7 Å². The number of fused-ring (bicyclic) bond motifs is 8. The molecule has 8 bridgehead atoms. The largest absolute Gasteiger partial charge is 2.00 e. The standard InChI is InChI=1S/C64H66N8O4.C6H6.2C4H6N2.Fe.O2/c1-61(2,3)57(73)69-41-25-17-13-21-37(41)53-45-29-31-47(65-45)54(38-22-14-18-26-42(38)70-58(74)62(4,5)6)49-33-35-51(67-49)56(40-24-16-20-28-44(40)72-60(76)64(10,11)12)52-36-34-50(68-52)55(48-32-30-46(53)66-48)39-23-15-19-27-43(39)71-59(75)63(7,8)9;1-2-4-6-5-3-1;2*1-6-3-2-5-4-6;;1-2/h13-36H,1-12H3,(H6,65,66,67,68,69,70,71,72,73,74,75,76);1-6H;2*2-4H,1H3;;/q;;;;+2;/p-2. The van der Waals surface area contributed by atoms with Gasteiger partial charge in [0.05, 0.1) is 35.4 Å². The predicted octanol–water partition coefficient (Wildman–Crippen LogP) is 17.1. The molecule has 0 saturated heterocycles. The molecule has 0 unspecified atom stereocenters. The van der Waals surface area contributed by atoms with E-state index in [9.17, 15) is 19.2 Å². The van der Waals surface area contributed by atoms with Gasteiger partial charge in [-0.15, -0.1) is 22.1 Å². The SMILES string of the molecule is CC(C)(C)C(=O)Nc1ccccc1-c1c2nc(c(-c3ccccc3NC(=O)C(C)(C)C)c3ccc([n-]3)c(-c3ccccc3NC(=O)C(C)(C)C)c3nc(c(-c4ccccc4NC(=O)C(C)(C)C)c4ccc1[n-]4)C=C3)C=C2.Cn1ccnc1.Cn1ccnc1.O=O.[Fe+2].c1ccccc1. The van der Waals surface area contributed by atoms with Crippen molar-refractivity contribution in [2.75, 3.05) is 21.3 Å². The van der Waals surface area contributed by atoms with Gasteiger partial charge in [0.25, 0.3) is 0 Å². The number of carbonyl (C=O) groups is 4. The number of aryl methyl sites for hydroxylation is 2. The maximum absolute atomic E-state index is 13.8. The van der Waals surface area contributed by atoms with Crippen LogP contribution in [-0.2, 0) is 50.3 Å². The minimum atomic E-state index is -0.703. The predicted molar refractivity (Wildman–Crippen MR) is 390 cm³/mol. The van der Waals surface area contributed by atoms with E-state index in [1.165, 1.54) is 0 Å². The van der Waals surface area contributed by atoms with Gasteiger partial charge in [-0.25, -0.2) is 19.9 Å². The van der Waals surface area contributed by atoms with E-state index >= 15 is 0 Å². The molecule has 97 heavy (non-hydrogen) atoms. The maximum atomic E-state index is 13.8. The minimum absolute atomic E-state index is 0. The van der Waals surface area contributed by atoms with Crippen LogP contribution in [0.1, 0.15) is 106 Å². The molecule has 0 aliphatic carbocycles. The zero-order chi connectivity index (χ0) is 69.5. The summed E-state index contributed by atoms with van der Waals surface area (Å²) in [6.45, 7) is 22.4. The number of rotatable bonds is 8. The molecule has 19 heteroatoms. The summed E-state index contributed by atoms with van der Waals surface area (Å²) in [4.78, 5) is 98.6. The second-order valence-electron chi connectivity index (χ2n) is 27.0. The van der Waals surface area contributed by atoms with Crippen LogP contribution in [0.25, 0.3) is 90.9 Å². The normalized spacial score (nSPS) is 11.5. The molecule has 7 heterocycles. The van der Waals surface area contributed by atoms with Gasteiger partial charge in [-0.3, -0.25) is 19.2 Å². The second-order valence-corrected chi connectivity index (χ2v) is 27.0. The van der Waals surface area contributed by atoms with Gasteiger partial charge in [0.15, 0.2) is 0 Å². The fraction of sp³-hybridized carbons (Fsp3) is 0.231. The number of aromatic nitrogens is 8. The Kier molecular flexibility index (Phi) is 24.3. The zero-order valence-electron chi connectivity index (χ0n) is 57.2. The van der Waals surface area contributed by atoms with Crippen LogP contribution in [0.15, 0.2) is 195 Å². The monoisotopic (exact) mass is 1340 g/mol. The first-order valence-corrected chi connectivity index (χ1v) is 31.4. The van der Waals surface area contributed by atoms with Crippen LogP contribution < -0.4 is 31.2 Å². The average molecular weight is 1340 g/mol. The summed E-state index contributed by atoms with van der Waals surface area (Å²) in [6.07, 6.45) is 18.5. The van der Waals surface area contributed by atoms with Gasteiger partial charge < -0.3 is 40.4 Å². The van der Waals surface area contributed by atoms with Gasteiger partial charge in [0.2, 0.25) is 23.6 Å². The quantitative estimate of drug-likeness (QED) is 0.104. The molecular formula is C78H82FeN12O6. The van der Waals surface area contributed by atoms with Gasteiger partial charge in [0.1, 0.15) is 0 Å². The van der Waals surface area contributed by atoms with Crippen molar-refractivity contribution in [3.05, 3.63) is 228 Å². The average Bonchev–Trinajstić information content (AvgIpc) is 1.66. The third-order valence-electron chi connectivity index (χ3n) is 15.1. The minimum Gasteiger partial charge on any atom is -0.657 e. The molecule has 5 aromatic carbocycles. The second kappa shape index (κ2) is 32.0. The van der Waals surface area contributed by atoms with Gasteiger partial charge in [-0.05, 0) is 70.8 Å². The first-order chi connectivity index (χ1) is 45.6. The molecule has 0 saturated carbocycles.